The Balaban J connectivity index is 1.47. The number of fused-ring (bicyclic) bond motifs is 4. The third-order valence-corrected chi connectivity index (χ3v) is 10.2. The maximum Gasteiger partial charge on any atom is 0.352 e. The Morgan fingerprint density at radius 3 is 2.33 bits per heavy atom. The van der Waals surface area contributed by atoms with Crippen LogP contribution in [0.5, 0.6) is 11.5 Å². The molecule has 0 unspecified atom stereocenters. The number of phenolic OH excluding ortho intramolecular Hbond substituents is 1. The predicted molar refractivity (Wildman–Crippen MR) is 164 cm³/mol. The van der Waals surface area contributed by atoms with Gasteiger partial charge in [-0.2, -0.15) is 0 Å². The molecule has 0 spiro atoms. The zero-order chi connectivity index (χ0) is 31.8. The van der Waals surface area contributed by atoms with Crippen molar-refractivity contribution in [3.8, 4) is 17.2 Å². The number of imide groups is 1. The second-order valence-corrected chi connectivity index (χ2v) is 12.4. The Hall–Kier alpha value is -4.61. The van der Waals surface area contributed by atoms with Crippen molar-refractivity contribution >= 4 is 40.7 Å². The monoisotopic (exact) mass is 650 g/mol. The molecule has 230 valence electrons. The van der Waals surface area contributed by atoms with Crippen molar-refractivity contribution in [3.05, 3.63) is 117 Å². The van der Waals surface area contributed by atoms with Gasteiger partial charge in [-0.3, -0.25) is 9.59 Å². The number of allylic oxidation sites excluding steroid dienone is 2. The number of carbonyl (C=O) groups excluding carboxylic acids is 2. The van der Waals surface area contributed by atoms with Gasteiger partial charge in [-0.05, 0) is 66.6 Å². The van der Waals surface area contributed by atoms with Crippen LogP contribution in [0.1, 0.15) is 30.9 Å². The van der Waals surface area contributed by atoms with Crippen LogP contribution in [0, 0.1) is 5.82 Å². The maximum atomic E-state index is 14.4. The lowest BCUT2D eigenvalue weighted by Gasteiger charge is -2.49. The first-order valence-electron chi connectivity index (χ1n) is 14.2. The first-order valence-corrected chi connectivity index (χ1v) is 15.0. The molecule has 3 heterocycles. The van der Waals surface area contributed by atoms with Gasteiger partial charge in [0, 0.05) is 12.3 Å². The molecule has 7 rings (SSSR count). The number of carbonyl (C=O) groups is 2. The molecule has 4 aromatic rings. The number of phenols is 1. The van der Waals surface area contributed by atoms with E-state index < -0.39 is 50.7 Å². The molecule has 45 heavy (non-hydrogen) atoms. The summed E-state index contributed by atoms with van der Waals surface area (Å²) in [6, 6.07) is 16.7. The molecular formula is C32H25Cl2FN4O6. The Morgan fingerprint density at radius 1 is 0.933 bits per heavy atom. The Kier molecular flexibility index (Phi) is 6.61. The van der Waals surface area contributed by atoms with E-state index in [1.807, 2.05) is 0 Å². The van der Waals surface area contributed by atoms with Gasteiger partial charge < -0.3 is 9.84 Å². The summed E-state index contributed by atoms with van der Waals surface area (Å²) in [5.41, 5.74) is 0.0637. The second-order valence-electron chi connectivity index (χ2n) is 11.1. The first-order chi connectivity index (χ1) is 21.5. The normalized spacial score (nSPS) is 25.4. The highest BCUT2D eigenvalue weighted by molar-refractivity contribution is 6.58. The van der Waals surface area contributed by atoms with Gasteiger partial charge in [0.25, 0.3) is 11.8 Å². The van der Waals surface area contributed by atoms with Gasteiger partial charge in [0.05, 0.1) is 30.6 Å². The number of rotatable bonds is 5. The minimum Gasteiger partial charge on any atom is -0.504 e. The third-order valence-electron chi connectivity index (χ3n) is 8.79. The standard InChI is InChI=1S/C32H25Cl2FN4O6/c1-2-45-25-16-18(8-13-24(25)40)26-22-14-15-36-29(43)38(20-6-4-3-5-7-20)30(44)39(36)23(22)17-31(33)27(41)37(28(42)32(26,31)34)21-11-9-19(35)10-12-21/h3-14,16,23,26,40H,2,15,17H2,1H3/t23-,26+,31-,32+/m1/s1. The van der Waals surface area contributed by atoms with Crippen molar-refractivity contribution in [1.29, 1.82) is 0 Å². The van der Waals surface area contributed by atoms with Crippen molar-refractivity contribution in [2.75, 3.05) is 11.5 Å². The number of ether oxygens (including phenoxy) is 1. The molecule has 1 aromatic heterocycles. The SMILES string of the molecule is CCOc1cc([C@H]2C3=CCn4c(=O)n(-c5ccccc5)c(=O)n4[C@@H]3C[C@@]3(Cl)C(=O)N(c4ccc(F)cc4)C(=O)[C@@]23Cl)ccc1O. The highest BCUT2D eigenvalue weighted by Gasteiger charge is 2.75. The zero-order valence-electron chi connectivity index (χ0n) is 23.7. The number of alkyl halides is 2. The van der Waals surface area contributed by atoms with Crippen LogP contribution in [-0.4, -0.2) is 47.2 Å². The molecule has 10 nitrogen and oxygen atoms in total. The van der Waals surface area contributed by atoms with Crippen molar-refractivity contribution < 1.29 is 23.8 Å². The van der Waals surface area contributed by atoms with Crippen LogP contribution in [0.15, 0.2) is 94.0 Å². The van der Waals surface area contributed by atoms with Crippen LogP contribution < -0.4 is 21.0 Å². The molecule has 1 saturated carbocycles. The quantitative estimate of drug-likeness (QED) is 0.196. The van der Waals surface area contributed by atoms with Crippen molar-refractivity contribution in [1.82, 2.24) is 13.9 Å². The van der Waals surface area contributed by atoms with Crippen LogP contribution in [0.25, 0.3) is 5.69 Å². The molecule has 2 aliphatic heterocycles. The van der Waals surface area contributed by atoms with E-state index in [2.05, 4.69) is 0 Å². The Bertz CT molecular complexity index is 2040. The summed E-state index contributed by atoms with van der Waals surface area (Å²) in [5.74, 6) is -3.41. The summed E-state index contributed by atoms with van der Waals surface area (Å²) in [6.45, 7) is 1.93. The average molecular weight is 651 g/mol. The number of hydrogen-bond donors (Lipinski definition) is 1. The predicted octanol–water partition coefficient (Wildman–Crippen LogP) is 4.24. The van der Waals surface area contributed by atoms with E-state index in [0.29, 0.717) is 16.8 Å². The lowest BCUT2D eigenvalue weighted by atomic mass is 9.64. The molecule has 0 radical (unpaired) electrons. The summed E-state index contributed by atoms with van der Waals surface area (Å²) < 4.78 is 23.0. The maximum absolute atomic E-state index is 14.4. The molecule has 2 fully saturated rings. The van der Waals surface area contributed by atoms with E-state index in [-0.39, 0.29) is 36.8 Å². The molecular weight excluding hydrogens is 626 g/mol. The van der Waals surface area contributed by atoms with E-state index in [0.717, 1.165) is 21.6 Å². The van der Waals surface area contributed by atoms with Crippen molar-refractivity contribution in [2.24, 2.45) is 0 Å². The fraction of sp³-hybridized carbons (Fsp3) is 0.250. The van der Waals surface area contributed by atoms with E-state index in [1.165, 1.54) is 33.6 Å². The number of amides is 2. The second kappa shape index (κ2) is 10.2. The smallest absolute Gasteiger partial charge is 0.352 e. The topological polar surface area (TPSA) is 116 Å². The number of halogens is 3. The van der Waals surface area contributed by atoms with Crippen LogP contribution in [-0.2, 0) is 16.1 Å². The van der Waals surface area contributed by atoms with Crippen molar-refractivity contribution in [2.45, 2.75) is 41.6 Å². The number of nitrogens with zero attached hydrogens (tertiary/aromatic N) is 4. The van der Waals surface area contributed by atoms with E-state index >= 15 is 0 Å². The number of anilines is 1. The Morgan fingerprint density at radius 2 is 1.64 bits per heavy atom. The molecule has 3 aliphatic rings. The molecule has 1 aliphatic carbocycles. The van der Waals surface area contributed by atoms with Crippen LogP contribution in [0.4, 0.5) is 10.1 Å². The van der Waals surface area contributed by atoms with Gasteiger partial charge in [0.1, 0.15) is 5.82 Å². The van der Waals surface area contributed by atoms with Gasteiger partial charge in [0.15, 0.2) is 21.2 Å². The third kappa shape index (κ3) is 3.93. The minimum atomic E-state index is -2.13. The summed E-state index contributed by atoms with van der Waals surface area (Å²) >= 11 is 14.7. The summed E-state index contributed by atoms with van der Waals surface area (Å²) in [5, 5.41) is 10.5. The van der Waals surface area contributed by atoms with Gasteiger partial charge >= 0.3 is 11.4 Å². The number of hydrogen-bond acceptors (Lipinski definition) is 6. The molecule has 2 amide bonds. The van der Waals surface area contributed by atoms with E-state index in [4.69, 9.17) is 27.9 Å². The summed E-state index contributed by atoms with van der Waals surface area (Å²) in [6.07, 6.45) is 1.41. The number of aromatic hydroxyl groups is 1. The minimum absolute atomic E-state index is 0.0291. The molecule has 0 bridgehead atoms. The highest BCUT2D eigenvalue weighted by Crippen LogP contribution is 2.64. The van der Waals surface area contributed by atoms with Crippen molar-refractivity contribution in [3.63, 3.8) is 0 Å². The van der Waals surface area contributed by atoms with Gasteiger partial charge in [-0.1, -0.05) is 30.3 Å². The van der Waals surface area contributed by atoms with Crippen LogP contribution in [0.2, 0.25) is 0 Å². The first kappa shape index (κ1) is 29.1. The average Bonchev–Trinajstić information content (AvgIpc) is 3.37. The van der Waals surface area contributed by atoms with Gasteiger partial charge in [0.2, 0.25) is 0 Å². The molecule has 13 heteroatoms. The Labute approximate surface area is 265 Å². The summed E-state index contributed by atoms with van der Waals surface area (Å²) in [7, 11) is 0. The molecule has 4 atom stereocenters. The summed E-state index contributed by atoms with van der Waals surface area (Å²) in [4.78, 5) is 52.9. The molecule has 1 N–H and O–H groups in total. The largest absolute Gasteiger partial charge is 0.504 e. The fourth-order valence-corrected chi connectivity index (χ4v) is 7.73. The molecule has 3 aromatic carbocycles. The van der Waals surface area contributed by atoms with Gasteiger partial charge in [-0.25, -0.2) is 32.8 Å². The van der Waals surface area contributed by atoms with E-state index in [1.54, 1.807) is 49.4 Å². The zero-order valence-corrected chi connectivity index (χ0v) is 25.2. The number of para-hydroxylation sites is 1. The number of aromatic nitrogens is 3. The van der Waals surface area contributed by atoms with Crippen LogP contribution >= 0.6 is 23.2 Å². The lowest BCUT2D eigenvalue weighted by molar-refractivity contribution is -0.122. The molecule has 1 saturated heterocycles. The fourth-order valence-electron chi connectivity index (χ4n) is 6.81. The highest BCUT2D eigenvalue weighted by atomic mass is 35.5. The lowest BCUT2D eigenvalue weighted by Crippen LogP contribution is -2.59. The number of benzene rings is 3. The van der Waals surface area contributed by atoms with E-state index in [9.17, 15) is 28.7 Å². The van der Waals surface area contributed by atoms with Gasteiger partial charge in [-0.15, -0.1) is 23.2 Å². The van der Waals surface area contributed by atoms with Crippen LogP contribution in [0.3, 0.4) is 0 Å².